The van der Waals surface area contributed by atoms with Crippen LogP contribution in [0.3, 0.4) is 0 Å². The van der Waals surface area contributed by atoms with Crippen molar-refractivity contribution in [1.29, 1.82) is 0 Å². The predicted octanol–water partition coefficient (Wildman–Crippen LogP) is 5.44. The first-order valence-corrected chi connectivity index (χ1v) is 11.0. The summed E-state index contributed by atoms with van der Waals surface area (Å²) >= 11 is 0. The van der Waals surface area contributed by atoms with Crippen molar-refractivity contribution in [2.24, 2.45) is 0 Å². The minimum absolute atomic E-state index is 0.0921. The zero-order valence-electron chi connectivity index (χ0n) is 18.6. The maximum atomic E-state index is 10.7. The standard InChI is InChI=1S/C29H28O4/c1-31-27-17-19-28(20-18-27)32-21-26(30)22-33-29(23-11-5-2-6-12-23,24-13-7-3-8-14-24)25-15-9-4-10-16-25/h2-20,26,30H,21-22H2,1H3/t26-/m1/s1. The van der Waals surface area contributed by atoms with Gasteiger partial charge in [0.2, 0.25) is 0 Å². The highest BCUT2D eigenvalue weighted by molar-refractivity contribution is 5.47. The lowest BCUT2D eigenvalue weighted by atomic mass is 9.80. The van der Waals surface area contributed by atoms with Crippen molar-refractivity contribution in [3.8, 4) is 11.5 Å². The minimum atomic E-state index is -0.870. The van der Waals surface area contributed by atoms with E-state index in [4.69, 9.17) is 14.2 Å². The van der Waals surface area contributed by atoms with Gasteiger partial charge in [0.05, 0.1) is 13.7 Å². The van der Waals surface area contributed by atoms with Crippen LogP contribution in [0.2, 0.25) is 0 Å². The Morgan fingerprint density at radius 2 is 1.03 bits per heavy atom. The first-order chi connectivity index (χ1) is 16.2. The van der Waals surface area contributed by atoms with Crippen LogP contribution >= 0.6 is 0 Å². The van der Waals surface area contributed by atoms with Crippen LogP contribution in [0.5, 0.6) is 11.5 Å². The molecule has 0 amide bonds. The molecule has 0 aliphatic heterocycles. The summed E-state index contributed by atoms with van der Waals surface area (Å²) in [5, 5.41) is 10.7. The van der Waals surface area contributed by atoms with Crippen molar-refractivity contribution < 1.29 is 19.3 Å². The second-order valence-corrected chi connectivity index (χ2v) is 7.73. The average molecular weight is 441 g/mol. The van der Waals surface area contributed by atoms with E-state index in [1.807, 2.05) is 78.9 Å². The molecule has 0 bridgehead atoms. The van der Waals surface area contributed by atoms with Gasteiger partial charge in [-0.05, 0) is 41.0 Å². The quantitative estimate of drug-likeness (QED) is 0.334. The molecular weight excluding hydrogens is 412 g/mol. The van der Waals surface area contributed by atoms with Gasteiger partial charge in [-0.3, -0.25) is 0 Å². The highest BCUT2D eigenvalue weighted by atomic mass is 16.5. The van der Waals surface area contributed by atoms with Crippen molar-refractivity contribution in [2.45, 2.75) is 11.7 Å². The number of aliphatic hydroxyl groups excluding tert-OH is 1. The zero-order chi connectivity index (χ0) is 22.9. The van der Waals surface area contributed by atoms with Crippen LogP contribution in [0.1, 0.15) is 16.7 Å². The van der Waals surface area contributed by atoms with Gasteiger partial charge in [-0.1, -0.05) is 91.0 Å². The van der Waals surface area contributed by atoms with Gasteiger partial charge < -0.3 is 19.3 Å². The maximum Gasteiger partial charge on any atom is 0.143 e. The van der Waals surface area contributed by atoms with E-state index in [2.05, 4.69) is 36.4 Å². The first-order valence-electron chi connectivity index (χ1n) is 11.0. The molecule has 168 valence electrons. The number of rotatable bonds is 10. The molecule has 4 nitrogen and oxygen atoms in total. The van der Waals surface area contributed by atoms with E-state index in [1.165, 1.54) is 0 Å². The number of hydrogen-bond acceptors (Lipinski definition) is 4. The van der Waals surface area contributed by atoms with Crippen molar-refractivity contribution in [3.63, 3.8) is 0 Å². The molecule has 0 aliphatic carbocycles. The average Bonchev–Trinajstić information content (AvgIpc) is 2.90. The smallest absolute Gasteiger partial charge is 0.143 e. The van der Waals surface area contributed by atoms with Gasteiger partial charge in [0, 0.05) is 0 Å². The molecule has 0 spiro atoms. The van der Waals surface area contributed by atoms with E-state index < -0.39 is 11.7 Å². The summed E-state index contributed by atoms with van der Waals surface area (Å²) in [6.45, 7) is 0.204. The molecule has 4 aromatic rings. The minimum Gasteiger partial charge on any atom is -0.497 e. The molecule has 4 rings (SSSR count). The molecule has 0 radical (unpaired) electrons. The molecule has 0 heterocycles. The number of aliphatic hydroxyl groups is 1. The number of hydrogen-bond donors (Lipinski definition) is 1. The van der Waals surface area contributed by atoms with E-state index >= 15 is 0 Å². The van der Waals surface area contributed by atoms with Crippen LogP contribution in [0.4, 0.5) is 0 Å². The van der Waals surface area contributed by atoms with Gasteiger partial charge in [-0.15, -0.1) is 0 Å². The molecule has 0 unspecified atom stereocenters. The van der Waals surface area contributed by atoms with Gasteiger partial charge in [-0.2, -0.15) is 0 Å². The molecule has 1 atom stereocenters. The third-order valence-corrected chi connectivity index (χ3v) is 5.53. The van der Waals surface area contributed by atoms with Gasteiger partial charge in [0.25, 0.3) is 0 Å². The molecule has 4 heteroatoms. The highest BCUT2D eigenvalue weighted by Gasteiger charge is 2.38. The van der Waals surface area contributed by atoms with E-state index in [0.29, 0.717) is 5.75 Å². The summed E-state index contributed by atoms with van der Waals surface area (Å²) < 4.78 is 17.6. The second kappa shape index (κ2) is 10.8. The van der Waals surface area contributed by atoms with E-state index in [1.54, 1.807) is 7.11 Å². The van der Waals surface area contributed by atoms with Crippen LogP contribution in [0.15, 0.2) is 115 Å². The van der Waals surface area contributed by atoms with Gasteiger partial charge in [0.1, 0.15) is 29.8 Å². The van der Waals surface area contributed by atoms with Crippen LogP contribution in [0, 0.1) is 0 Å². The largest absolute Gasteiger partial charge is 0.497 e. The second-order valence-electron chi connectivity index (χ2n) is 7.73. The Bertz CT molecular complexity index is 1000. The molecular formula is C29H28O4. The summed E-state index contributed by atoms with van der Waals surface area (Å²) in [6, 6.07) is 37.6. The van der Waals surface area contributed by atoms with Crippen molar-refractivity contribution in [3.05, 3.63) is 132 Å². The molecule has 33 heavy (non-hydrogen) atoms. The molecule has 1 N–H and O–H groups in total. The van der Waals surface area contributed by atoms with Gasteiger partial charge >= 0.3 is 0 Å². The van der Waals surface area contributed by atoms with Crippen LogP contribution in [0.25, 0.3) is 0 Å². The zero-order valence-corrected chi connectivity index (χ0v) is 18.6. The Morgan fingerprint density at radius 1 is 0.606 bits per heavy atom. The topological polar surface area (TPSA) is 47.9 Å². The molecule has 0 fully saturated rings. The summed E-state index contributed by atoms with van der Waals surface area (Å²) in [5.74, 6) is 1.42. The van der Waals surface area contributed by atoms with Crippen LogP contribution in [-0.4, -0.2) is 31.5 Å². The fourth-order valence-electron chi connectivity index (χ4n) is 3.90. The Kier molecular flexibility index (Phi) is 7.40. The van der Waals surface area contributed by atoms with Crippen LogP contribution < -0.4 is 9.47 Å². The normalized spacial score (nSPS) is 12.2. The third-order valence-electron chi connectivity index (χ3n) is 5.53. The van der Waals surface area contributed by atoms with E-state index in [0.717, 1.165) is 22.4 Å². The SMILES string of the molecule is COc1ccc(OC[C@@H](O)COC(c2ccccc2)(c2ccccc2)c2ccccc2)cc1. The van der Waals surface area contributed by atoms with Crippen molar-refractivity contribution in [1.82, 2.24) is 0 Å². The first kappa shape index (κ1) is 22.6. The summed E-state index contributed by atoms with van der Waals surface area (Å²) in [5.41, 5.74) is 2.10. The van der Waals surface area contributed by atoms with E-state index in [9.17, 15) is 5.11 Å². The fraction of sp³-hybridized carbons (Fsp3) is 0.172. The maximum absolute atomic E-state index is 10.7. The summed E-state index contributed by atoms with van der Waals surface area (Å²) in [6.07, 6.45) is -0.817. The molecule has 0 aliphatic rings. The Labute approximate surface area is 195 Å². The van der Waals surface area contributed by atoms with Crippen LogP contribution in [-0.2, 0) is 10.3 Å². The molecule has 0 saturated heterocycles. The molecule has 0 aromatic heterocycles. The Hall–Kier alpha value is -3.60. The predicted molar refractivity (Wildman–Crippen MR) is 130 cm³/mol. The molecule has 0 saturated carbocycles. The number of benzene rings is 4. The van der Waals surface area contributed by atoms with Crippen molar-refractivity contribution in [2.75, 3.05) is 20.3 Å². The van der Waals surface area contributed by atoms with Crippen molar-refractivity contribution >= 4 is 0 Å². The monoisotopic (exact) mass is 440 g/mol. The lowest BCUT2D eigenvalue weighted by molar-refractivity contribution is -0.0493. The Balaban J connectivity index is 1.60. The van der Waals surface area contributed by atoms with Gasteiger partial charge in [-0.25, -0.2) is 0 Å². The lowest BCUT2D eigenvalue weighted by Gasteiger charge is -2.36. The molecule has 4 aromatic carbocycles. The number of ether oxygens (including phenoxy) is 3. The Morgan fingerprint density at radius 3 is 1.45 bits per heavy atom. The summed E-state index contributed by atoms with van der Waals surface area (Å²) in [4.78, 5) is 0. The number of methoxy groups -OCH3 is 1. The lowest BCUT2D eigenvalue weighted by Crippen LogP contribution is -2.37. The van der Waals surface area contributed by atoms with E-state index in [-0.39, 0.29) is 13.2 Å². The third kappa shape index (κ3) is 5.25. The fourth-order valence-corrected chi connectivity index (χ4v) is 3.90. The highest BCUT2D eigenvalue weighted by Crippen LogP contribution is 2.40. The van der Waals surface area contributed by atoms with Gasteiger partial charge in [0.15, 0.2) is 0 Å². The summed E-state index contributed by atoms with van der Waals surface area (Å²) in [7, 11) is 1.62.